The number of ether oxygens (including phenoxy) is 1. The maximum Gasteiger partial charge on any atom is 0.295 e. The number of nitrogens with zero attached hydrogens (tertiary/aromatic N) is 2. The second kappa shape index (κ2) is 6.27. The molecule has 1 amide bonds. The van der Waals surface area contributed by atoms with Gasteiger partial charge in [0.25, 0.3) is 5.69 Å². The Hall–Kier alpha value is -2.22. The summed E-state index contributed by atoms with van der Waals surface area (Å²) in [6, 6.07) is 2.14. The van der Waals surface area contributed by atoms with Crippen LogP contribution in [0.3, 0.4) is 0 Å². The number of nitro groups is 1. The van der Waals surface area contributed by atoms with Crippen molar-refractivity contribution in [2.75, 3.05) is 23.3 Å². The lowest BCUT2D eigenvalue weighted by atomic mass is 10.1. The lowest BCUT2D eigenvalue weighted by molar-refractivity contribution is -0.384. The van der Waals surface area contributed by atoms with E-state index in [9.17, 15) is 19.3 Å². The summed E-state index contributed by atoms with van der Waals surface area (Å²) in [6.45, 7) is 5.93. The number of anilines is 2. The van der Waals surface area contributed by atoms with E-state index in [-0.39, 0.29) is 23.6 Å². The van der Waals surface area contributed by atoms with Crippen LogP contribution in [0.25, 0.3) is 0 Å². The molecule has 0 radical (unpaired) electrons. The van der Waals surface area contributed by atoms with Gasteiger partial charge >= 0.3 is 0 Å². The van der Waals surface area contributed by atoms with Crippen molar-refractivity contribution in [3.05, 3.63) is 28.1 Å². The molecule has 0 unspecified atom stereocenters. The molecule has 2 atom stereocenters. The van der Waals surface area contributed by atoms with E-state index in [4.69, 9.17) is 4.74 Å². The summed E-state index contributed by atoms with van der Waals surface area (Å²) in [7, 11) is 0. The van der Waals surface area contributed by atoms with Gasteiger partial charge < -0.3 is 15.0 Å². The summed E-state index contributed by atoms with van der Waals surface area (Å²) in [5.41, 5.74) is -0.261. The predicted molar refractivity (Wildman–Crippen MR) is 79.6 cm³/mol. The summed E-state index contributed by atoms with van der Waals surface area (Å²) in [6.07, 6.45) is -0.162. The van der Waals surface area contributed by atoms with Crippen LogP contribution in [-0.2, 0) is 9.53 Å². The Bertz CT molecular complexity index is 598. The van der Waals surface area contributed by atoms with Crippen molar-refractivity contribution in [3.8, 4) is 0 Å². The maximum absolute atomic E-state index is 14.3. The number of morpholine rings is 1. The van der Waals surface area contributed by atoms with E-state index < -0.39 is 22.3 Å². The molecular weight excluding hydrogens is 293 g/mol. The van der Waals surface area contributed by atoms with Crippen molar-refractivity contribution in [1.29, 1.82) is 0 Å². The van der Waals surface area contributed by atoms with Gasteiger partial charge in [0.2, 0.25) is 5.91 Å². The van der Waals surface area contributed by atoms with Gasteiger partial charge in [-0.1, -0.05) is 0 Å². The summed E-state index contributed by atoms with van der Waals surface area (Å²) in [4.78, 5) is 23.3. The topological polar surface area (TPSA) is 84.7 Å². The first-order valence-electron chi connectivity index (χ1n) is 6.94. The molecule has 1 heterocycles. The normalized spacial score (nSPS) is 21.5. The lowest BCUT2D eigenvalue weighted by Gasteiger charge is -2.37. The summed E-state index contributed by atoms with van der Waals surface area (Å²) in [5.74, 6) is -1.15. The van der Waals surface area contributed by atoms with Crippen LogP contribution in [0.15, 0.2) is 12.1 Å². The van der Waals surface area contributed by atoms with Crippen LogP contribution in [0.4, 0.5) is 21.5 Å². The Morgan fingerprint density at radius 3 is 2.50 bits per heavy atom. The Labute approximate surface area is 127 Å². The number of nitrogens with one attached hydrogen (secondary N) is 1. The highest BCUT2D eigenvalue weighted by molar-refractivity contribution is 5.92. The molecule has 7 nitrogen and oxygen atoms in total. The quantitative estimate of drug-likeness (QED) is 0.684. The third-order valence-corrected chi connectivity index (χ3v) is 3.33. The van der Waals surface area contributed by atoms with E-state index >= 15 is 0 Å². The second-order valence-electron chi connectivity index (χ2n) is 5.42. The van der Waals surface area contributed by atoms with E-state index in [1.807, 2.05) is 13.8 Å². The zero-order valence-corrected chi connectivity index (χ0v) is 12.6. The molecule has 120 valence electrons. The number of benzene rings is 1. The van der Waals surface area contributed by atoms with E-state index in [0.29, 0.717) is 13.1 Å². The van der Waals surface area contributed by atoms with E-state index in [1.165, 1.54) is 13.0 Å². The van der Waals surface area contributed by atoms with Crippen LogP contribution in [0, 0.1) is 15.9 Å². The van der Waals surface area contributed by atoms with Gasteiger partial charge in [-0.3, -0.25) is 14.9 Å². The first kappa shape index (κ1) is 16.2. The average Bonchev–Trinajstić information content (AvgIpc) is 2.38. The number of carbonyl (C=O) groups excluding carboxylic acids is 1. The Kier molecular flexibility index (Phi) is 4.60. The monoisotopic (exact) mass is 311 g/mol. The Morgan fingerprint density at radius 2 is 2.00 bits per heavy atom. The molecule has 1 fully saturated rings. The van der Waals surface area contributed by atoms with Gasteiger partial charge in [0.05, 0.1) is 28.9 Å². The van der Waals surface area contributed by atoms with Gasteiger partial charge in [-0.15, -0.1) is 0 Å². The first-order chi connectivity index (χ1) is 10.3. The van der Waals surface area contributed by atoms with Crippen molar-refractivity contribution in [2.24, 2.45) is 0 Å². The summed E-state index contributed by atoms with van der Waals surface area (Å²) < 4.78 is 19.9. The number of hydrogen-bond acceptors (Lipinski definition) is 5. The number of nitro benzene ring substituents is 1. The van der Waals surface area contributed by atoms with Crippen LogP contribution in [0.1, 0.15) is 20.8 Å². The molecule has 1 aliphatic rings. The maximum atomic E-state index is 14.3. The highest BCUT2D eigenvalue weighted by atomic mass is 19.1. The highest BCUT2D eigenvalue weighted by Crippen LogP contribution is 2.33. The molecule has 0 spiro atoms. The third kappa shape index (κ3) is 3.51. The predicted octanol–water partition coefficient (Wildman–Crippen LogP) is 2.31. The smallest absolute Gasteiger partial charge is 0.295 e. The standard InChI is InChI=1S/C14H18FN3O4/c1-8-6-17(7-9(2)22-8)13-5-12(16-10(3)19)14(18(20)21)4-11(13)15/h4-5,8-9H,6-7H2,1-3H3,(H,16,19)/t8-,9-/m0/s1. The molecule has 0 saturated carbocycles. The molecule has 0 aliphatic carbocycles. The molecule has 0 bridgehead atoms. The van der Waals surface area contributed by atoms with Crippen LogP contribution < -0.4 is 10.2 Å². The van der Waals surface area contributed by atoms with Crippen LogP contribution in [-0.4, -0.2) is 36.1 Å². The summed E-state index contributed by atoms with van der Waals surface area (Å²) in [5, 5.41) is 13.4. The molecule has 8 heteroatoms. The minimum Gasteiger partial charge on any atom is -0.372 e. The van der Waals surface area contributed by atoms with Gasteiger partial charge in [0, 0.05) is 20.0 Å². The number of rotatable bonds is 3. The van der Waals surface area contributed by atoms with Crippen molar-refractivity contribution >= 4 is 23.0 Å². The van der Waals surface area contributed by atoms with Gasteiger partial charge in [-0.05, 0) is 19.9 Å². The third-order valence-electron chi connectivity index (χ3n) is 3.33. The van der Waals surface area contributed by atoms with Crippen molar-refractivity contribution in [2.45, 2.75) is 33.0 Å². The van der Waals surface area contributed by atoms with Crippen molar-refractivity contribution < 1.29 is 18.8 Å². The number of carbonyl (C=O) groups is 1. The van der Waals surface area contributed by atoms with Gasteiger partial charge in [-0.25, -0.2) is 4.39 Å². The highest BCUT2D eigenvalue weighted by Gasteiger charge is 2.27. The number of halogens is 1. The van der Waals surface area contributed by atoms with E-state index in [2.05, 4.69) is 5.32 Å². The number of amides is 1. The Morgan fingerprint density at radius 1 is 1.41 bits per heavy atom. The van der Waals surface area contributed by atoms with Crippen LogP contribution >= 0.6 is 0 Å². The minimum absolute atomic E-state index is 0.0132. The second-order valence-corrected chi connectivity index (χ2v) is 5.42. The van der Waals surface area contributed by atoms with Gasteiger partial charge in [-0.2, -0.15) is 0 Å². The Balaban J connectivity index is 2.43. The van der Waals surface area contributed by atoms with Crippen molar-refractivity contribution in [3.63, 3.8) is 0 Å². The van der Waals surface area contributed by atoms with Crippen LogP contribution in [0.5, 0.6) is 0 Å². The lowest BCUT2D eigenvalue weighted by Crippen LogP contribution is -2.45. The molecular formula is C14H18FN3O4. The van der Waals surface area contributed by atoms with Crippen LogP contribution in [0.2, 0.25) is 0 Å². The first-order valence-corrected chi connectivity index (χ1v) is 6.94. The fraction of sp³-hybridized carbons (Fsp3) is 0.500. The van der Waals surface area contributed by atoms with Crippen molar-refractivity contribution in [1.82, 2.24) is 0 Å². The van der Waals surface area contributed by atoms with Gasteiger partial charge in [0.1, 0.15) is 5.69 Å². The average molecular weight is 311 g/mol. The fourth-order valence-corrected chi connectivity index (χ4v) is 2.61. The SMILES string of the molecule is CC(=O)Nc1cc(N2C[C@H](C)O[C@@H](C)C2)c(F)cc1[N+](=O)[O-]. The molecule has 0 aromatic heterocycles. The minimum atomic E-state index is -0.720. The molecule has 1 aromatic carbocycles. The molecule has 2 rings (SSSR count). The largest absolute Gasteiger partial charge is 0.372 e. The molecule has 1 aliphatic heterocycles. The fourth-order valence-electron chi connectivity index (χ4n) is 2.61. The molecule has 1 N–H and O–H groups in total. The van der Waals surface area contributed by atoms with E-state index in [1.54, 1.807) is 4.90 Å². The molecule has 1 aromatic rings. The zero-order chi connectivity index (χ0) is 16.4. The summed E-state index contributed by atoms with van der Waals surface area (Å²) >= 11 is 0. The van der Waals surface area contributed by atoms with E-state index in [0.717, 1.165) is 6.07 Å². The number of hydrogen-bond donors (Lipinski definition) is 1. The molecule has 22 heavy (non-hydrogen) atoms. The molecule has 1 saturated heterocycles. The van der Waals surface area contributed by atoms with Gasteiger partial charge in [0.15, 0.2) is 5.82 Å². The zero-order valence-electron chi connectivity index (χ0n) is 12.6.